The molecule has 1 aromatic rings. The molecule has 0 spiro atoms. The van der Waals surface area contributed by atoms with Gasteiger partial charge in [0.15, 0.2) is 0 Å². The number of nitrogens with two attached hydrogens (primary N) is 1. The van der Waals surface area contributed by atoms with Gasteiger partial charge < -0.3 is 10.5 Å². The van der Waals surface area contributed by atoms with E-state index in [1.54, 1.807) is 0 Å². The second-order valence-electron chi connectivity index (χ2n) is 3.93. The normalized spacial score (nSPS) is 15.8. The van der Waals surface area contributed by atoms with E-state index < -0.39 is 0 Å². The molecule has 1 aliphatic rings. The summed E-state index contributed by atoms with van der Waals surface area (Å²) in [5, 5.41) is 0. The fourth-order valence-electron chi connectivity index (χ4n) is 1.52. The topological polar surface area (TPSA) is 35.2 Å². The van der Waals surface area contributed by atoms with Crippen LogP contribution in [-0.2, 0) is 17.9 Å². The molecular formula is C12H17NO. The van der Waals surface area contributed by atoms with Gasteiger partial charge in [-0.15, -0.1) is 0 Å². The van der Waals surface area contributed by atoms with Crippen molar-refractivity contribution in [2.45, 2.75) is 26.0 Å². The first-order valence-corrected chi connectivity index (χ1v) is 5.24. The van der Waals surface area contributed by atoms with Crippen molar-refractivity contribution in [3.63, 3.8) is 0 Å². The summed E-state index contributed by atoms with van der Waals surface area (Å²) in [5.41, 5.74) is 8.07. The van der Waals surface area contributed by atoms with Crippen molar-refractivity contribution in [3.8, 4) is 0 Å². The second kappa shape index (κ2) is 4.58. The monoisotopic (exact) mass is 191 g/mol. The average molecular weight is 191 g/mol. The molecule has 1 aromatic carbocycles. The van der Waals surface area contributed by atoms with E-state index >= 15 is 0 Å². The van der Waals surface area contributed by atoms with Gasteiger partial charge in [-0.25, -0.2) is 0 Å². The van der Waals surface area contributed by atoms with Gasteiger partial charge in [0.05, 0.1) is 6.61 Å². The first-order chi connectivity index (χ1) is 6.90. The summed E-state index contributed by atoms with van der Waals surface area (Å²) < 4.78 is 5.63. The van der Waals surface area contributed by atoms with Crippen molar-refractivity contribution < 1.29 is 4.74 Å². The van der Waals surface area contributed by atoms with Crippen LogP contribution in [0.5, 0.6) is 0 Å². The predicted molar refractivity (Wildman–Crippen MR) is 56.7 cm³/mol. The van der Waals surface area contributed by atoms with Gasteiger partial charge in [0.25, 0.3) is 0 Å². The SMILES string of the molecule is NCc1ccccc1COCC1CC1. The Kier molecular flexibility index (Phi) is 3.17. The smallest absolute Gasteiger partial charge is 0.0720 e. The first kappa shape index (κ1) is 9.69. The minimum Gasteiger partial charge on any atom is -0.376 e. The molecule has 14 heavy (non-hydrogen) atoms. The van der Waals surface area contributed by atoms with Crippen LogP contribution in [0.3, 0.4) is 0 Å². The Hall–Kier alpha value is -0.860. The van der Waals surface area contributed by atoms with E-state index in [2.05, 4.69) is 12.1 Å². The number of ether oxygens (including phenoxy) is 1. The highest BCUT2D eigenvalue weighted by molar-refractivity contribution is 5.26. The Bertz CT molecular complexity index is 294. The molecule has 1 fully saturated rings. The lowest BCUT2D eigenvalue weighted by Crippen LogP contribution is -2.04. The lowest BCUT2D eigenvalue weighted by Gasteiger charge is -2.07. The van der Waals surface area contributed by atoms with Crippen molar-refractivity contribution >= 4 is 0 Å². The van der Waals surface area contributed by atoms with Crippen LogP contribution in [0.15, 0.2) is 24.3 Å². The van der Waals surface area contributed by atoms with Gasteiger partial charge in [-0.3, -0.25) is 0 Å². The summed E-state index contributed by atoms with van der Waals surface area (Å²) >= 11 is 0. The maximum Gasteiger partial charge on any atom is 0.0720 e. The summed E-state index contributed by atoms with van der Waals surface area (Å²) in [7, 11) is 0. The molecule has 0 bridgehead atoms. The zero-order chi connectivity index (χ0) is 9.80. The molecule has 0 atom stereocenters. The summed E-state index contributed by atoms with van der Waals surface area (Å²) in [6, 6.07) is 8.21. The molecular weight excluding hydrogens is 174 g/mol. The van der Waals surface area contributed by atoms with Gasteiger partial charge in [-0.05, 0) is 29.9 Å². The van der Waals surface area contributed by atoms with Crippen molar-refractivity contribution in [2.24, 2.45) is 11.7 Å². The van der Waals surface area contributed by atoms with Crippen molar-refractivity contribution in [1.29, 1.82) is 0 Å². The number of hydrogen-bond donors (Lipinski definition) is 1. The Morgan fingerprint density at radius 1 is 1.21 bits per heavy atom. The Morgan fingerprint density at radius 2 is 1.93 bits per heavy atom. The van der Waals surface area contributed by atoms with Gasteiger partial charge in [0, 0.05) is 13.2 Å². The average Bonchev–Trinajstić information content (AvgIpc) is 3.03. The Morgan fingerprint density at radius 3 is 2.57 bits per heavy atom. The highest BCUT2D eigenvalue weighted by Gasteiger charge is 2.21. The quantitative estimate of drug-likeness (QED) is 0.773. The predicted octanol–water partition coefficient (Wildman–Crippen LogP) is 2.07. The van der Waals surface area contributed by atoms with Gasteiger partial charge in [-0.1, -0.05) is 24.3 Å². The van der Waals surface area contributed by atoms with E-state index in [0.717, 1.165) is 12.5 Å². The molecule has 2 nitrogen and oxygen atoms in total. The van der Waals surface area contributed by atoms with E-state index in [0.29, 0.717) is 13.2 Å². The minimum atomic E-state index is 0.600. The molecule has 1 aliphatic carbocycles. The third-order valence-electron chi connectivity index (χ3n) is 2.65. The molecule has 2 heteroatoms. The van der Waals surface area contributed by atoms with Crippen LogP contribution in [0.4, 0.5) is 0 Å². The second-order valence-corrected chi connectivity index (χ2v) is 3.93. The van der Waals surface area contributed by atoms with Crippen LogP contribution in [0.2, 0.25) is 0 Å². The highest BCUT2D eigenvalue weighted by atomic mass is 16.5. The van der Waals surface area contributed by atoms with Crippen LogP contribution >= 0.6 is 0 Å². The highest BCUT2D eigenvalue weighted by Crippen LogP contribution is 2.29. The van der Waals surface area contributed by atoms with E-state index in [4.69, 9.17) is 10.5 Å². The lowest BCUT2D eigenvalue weighted by atomic mass is 10.1. The lowest BCUT2D eigenvalue weighted by molar-refractivity contribution is 0.111. The van der Waals surface area contributed by atoms with E-state index in [9.17, 15) is 0 Å². The summed E-state index contributed by atoms with van der Waals surface area (Å²) in [4.78, 5) is 0. The molecule has 2 N–H and O–H groups in total. The first-order valence-electron chi connectivity index (χ1n) is 5.24. The van der Waals surface area contributed by atoms with Crippen molar-refractivity contribution in [2.75, 3.05) is 6.61 Å². The number of rotatable bonds is 5. The standard InChI is InChI=1S/C12H17NO/c13-7-11-3-1-2-4-12(11)9-14-8-10-5-6-10/h1-4,10H,5-9,13H2. The van der Waals surface area contributed by atoms with Crippen LogP contribution < -0.4 is 5.73 Å². The molecule has 0 radical (unpaired) electrons. The fourth-order valence-corrected chi connectivity index (χ4v) is 1.52. The molecule has 2 rings (SSSR count). The van der Waals surface area contributed by atoms with Crippen LogP contribution in [-0.4, -0.2) is 6.61 Å². The summed E-state index contributed by atoms with van der Waals surface area (Å²) in [6.45, 7) is 2.23. The van der Waals surface area contributed by atoms with Crippen molar-refractivity contribution in [1.82, 2.24) is 0 Å². The molecule has 0 aromatic heterocycles. The molecule has 0 aliphatic heterocycles. The number of hydrogen-bond acceptors (Lipinski definition) is 2. The third-order valence-corrected chi connectivity index (χ3v) is 2.65. The molecule has 76 valence electrons. The summed E-state index contributed by atoms with van der Waals surface area (Å²) in [6.07, 6.45) is 2.69. The van der Waals surface area contributed by atoms with Gasteiger partial charge in [0.2, 0.25) is 0 Å². The molecule has 1 saturated carbocycles. The van der Waals surface area contributed by atoms with Gasteiger partial charge >= 0.3 is 0 Å². The van der Waals surface area contributed by atoms with Crippen LogP contribution in [0.25, 0.3) is 0 Å². The van der Waals surface area contributed by atoms with Gasteiger partial charge in [-0.2, -0.15) is 0 Å². The largest absolute Gasteiger partial charge is 0.376 e. The van der Waals surface area contributed by atoms with E-state index in [1.807, 2.05) is 12.1 Å². The fraction of sp³-hybridized carbons (Fsp3) is 0.500. The third kappa shape index (κ3) is 2.56. The van der Waals surface area contributed by atoms with Crippen molar-refractivity contribution in [3.05, 3.63) is 35.4 Å². The minimum absolute atomic E-state index is 0.600. The van der Waals surface area contributed by atoms with Crippen LogP contribution in [0, 0.1) is 5.92 Å². The number of benzene rings is 1. The molecule has 0 saturated heterocycles. The van der Waals surface area contributed by atoms with Crippen LogP contribution in [0.1, 0.15) is 24.0 Å². The molecule has 0 heterocycles. The molecule has 0 unspecified atom stereocenters. The van der Waals surface area contributed by atoms with Gasteiger partial charge in [0.1, 0.15) is 0 Å². The molecule has 0 amide bonds. The van der Waals surface area contributed by atoms with E-state index in [1.165, 1.54) is 24.0 Å². The maximum atomic E-state index is 5.64. The maximum absolute atomic E-state index is 5.64. The summed E-state index contributed by atoms with van der Waals surface area (Å²) in [5.74, 6) is 0.833. The Labute approximate surface area is 85.1 Å². The van der Waals surface area contributed by atoms with E-state index in [-0.39, 0.29) is 0 Å². The zero-order valence-electron chi connectivity index (χ0n) is 8.41. The zero-order valence-corrected chi connectivity index (χ0v) is 8.41. The Balaban J connectivity index is 1.86.